The van der Waals surface area contributed by atoms with E-state index in [0.29, 0.717) is 30.1 Å². The molecule has 0 aromatic rings. The molecular formula is C31H50O4. The molecule has 2 N–H and O–H groups in total. The van der Waals surface area contributed by atoms with Gasteiger partial charge in [-0.2, -0.15) is 0 Å². The first-order chi connectivity index (χ1) is 16.2. The number of aliphatic hydroxyl groups excluding tert-OH is 2. The number of carbonyl (C=O) groups is 1. The average Bonchev–Trinajstić information content (AvgIpc) is 2.79. The molecule has 4 fully saturated rings. The second-order valence-electron chi connectivity index (χ2n) is 14.8. The molecule has 0 saturated heterocycles. The number of methoxy groups -OCH3 is 1. The smallest absolute Gasteiger partial charge is 0.312 e. The standard InChI is InChI=1S/C31H50O4/c1-18-11-14-31(26(34)35-8)16-15-29(6)20(24(31)19(18)2)9-10-23-28(5)17-21(32)25(33)27(3,4)22(28)12-13-30(23,29)7/h9,18-19,21-25,32-33H,10-17H2,1-8H3/t18-,19+,21-,22-,23+,24+,25+,28+,29-,30-,31+/m1/s1. The van der Waals surface area contributed by atoms with Gasteiger partial charge in [-0.05, 0) is 103 Å². The van der Waals surface area contributed by atoms with Crippen LogP contribution in [0.25, 0.3) is 0 Å². The summed E-state index contributed by atoms with van der Waals surface area (Å²) in [6.07, 6.45) is 9.19. The number of hydrogen-bond donors (Lipinski definition) is 2. The lowest BCUT2D eigenvalue weighted by Crippen LogP contribution is -2.67. The predicted octanol–water partition coefficient (Wildman–Crippen LogP) is 6.15. The van der Waals surface area contributed by atoms with Crippen LogP contribution in [-0.4, -0.2) is 35.5 Å². The molecule has 5 aliphatic rings. The Balaban J connectivity index is 1.62. The predicted molar refractivity (Wildman–Crippen MR) is 138 cm³/mol. The lowest BCUT2D eigenvalue weighted by atomic mass is 9.33. The molecule has 4 saturated carbocycles. The van der Waals surface area contributed by atoms with Gasteiger partial charge in [0, 0.05) is 0 Å². The van der Waals surface area contributed by atoms with Crippen LogP contribution in [0, 0.1) is 56.7 Å². The van der Waals surface area contributed by atoms with Gasteiger partial charge < -0.3 is 14.9 Å². The van der Waals surface area contributed by atoms with Crippen LogP contribution in [0.5, 0.6) is 0 Å². The molecule has 0 radical (unpaired) electrons. The Bertz CT molecular complexity index is 923. The van der Waals surface area contributed by atoms with Crippen LogP contribution in [0.1, 0.15) is 99.8 Å². The minimum atomic E-state index is -0.663. The lowest BCUT2D eigenvalue weighted by molar-refractivity contribution is -0.232. The number of hydrogen-bond acceptors (Lipinski definition) is 4. The van der Waals surface area contributed by atoms with Crippen molar-refractivity contribution < 1.29 is 19.7 Å². The maximum Gasteiger partial charge on any atom is 0.312 e. The van der Waals surface area contributed by atoms with E-state index in [1.54, 1.807) is 12.7 Å². The fourth-order valence-corrected chi connectivity index (χ4v) is 11.2. The van der Waals surface area contributed by atoms with Crippen molar-refractivity contribution in [1.29, 1.82) is 0 Å². The lowest BCUT2D eigenvalue weighted by Gasteiger charge is -2.71. The zero-order chi connectivity index (χ0) is 25.8. The summed E-state index contributed by atoms with van der Waals surface area (Å²) in [6.45, 7) is 16.6. The Kier molecular flexibility index (Phi) is 5.76. The van der Waals surface area contributed by atoms with Gasteiger partial charge in [0.05, 0.1) is 24.7 Å². The molecule has 5 aliphatic carbocycles. The molecular weight excluding hydrogens is 436 g/mol. The van der Waals surface area contributed by atoms with Crippen molar-refractivity contribution in [3.05, 3.63) is 11.6 Å². The van der Waals surface area contributed by atoms with Gasteiger partial charge >= 0.3 is 5.97 Å². The van der Waals surface area contributed by atoms with Crippen molar-refractivity contribution in [2.24, 2.45) is 56.7 Å². The molecule has 0 aliphatic heterocycles. The molecule has 0 unspecified atom stereocenters. The van der Waals surface area contributed by atoms with Gasteiger partial charge in [0.1, 0.15) is 0 Å². The molecule has 4 nitrogen and oxygen atoms in total. The highest BCUT2D eigenvalue weighted by Crippen LogP contribution is 2.75. The first-order valence-corrected chi connectivity index (χ1v) is 14.4. The topological polar surface area (TPSA) is 66.8 Å². The van der Waals surface area contributed by atoms with Crippen molar-refractivity contribution in [1.82, 2.24) is 0 Å². The van der Waals surface area contributed by atoms with Crippen molar-refractivity contribution in [2.75, 3.05) is 7.11 Å². The fraction of sp³-hybridized carbons (Fsp3) is 0.903. The van der Waals surface area contributed by atoms with E-state index in [0.717, 1.165) is 44.9 Å². The Hall–Kier alpha value is -0.870. The van der Waals surface area contributed by atoms with Crippen molar-refractivity contribution in [3.63, 3.8) is 0 Å². The van der Waals surface area contributed by atoms with E-state index in [4.69, 9.17) is 4.74 Å². The summed E-state index contributed by atoms with van der Waals surface area (Å²) in [5, 5.41) is 22.0. The molecule has 5 rings (SSSR count). The first kappa shape index (κ1) is 25.8. The van der Waals surface area contributed by atoms with Crippen LogP contribution in [0.4, 0.5) is 0 Å². The van der Waals surface area contributed by atoms with Crippen LogP contribution in [-0.2, 0) is 9.53 Å². The van der Waals surface area contributed by atoms with E-state index in [1.807, 2.05) is 0 Å². The number of esters is 1. The molecule has 0 bridgehead atoms. The first-order valence-electron chi connectivity index (χ1n) is 14.4. The van der Waals surface area contributed by atoms with E-state index in [2.05, 4.69) is 54.5 Å². The van der Waals surface area contributed by atoms with Gasteiger partial charge in [0.2, 0.25) is 0 Å². The second-order valence-corrected chi connectivity index (χ2v) is 14.8. The average molecular weight is 487 g/mol. The fourth-order valence-electron chi connectivity index (χ4n) is 11.2. The van der Waals surface area contributed by atoms with Crippen molar-refractivity contribution >= 4 is 5.97 Å². The second kappa shape index (κ2) is 7.82. The summed E-state index contributed by atoms with van der Waals surface area (Å²) < 4.78 is 5.49. The highest BCUT2D eigenvalue weighted by atomic mass is 16.5. The molecule has 11 atom stereocenters. The summed E-state index contributed by atoms with van der Waals surface area (Å²) in [6, 6.07) is 0. The summed E-state index contributed by atoms with van der Waals surface area (Å²) in [5.41, 5.74) is 1.03. The zero-order valence-corrected chi connectivity index (χ0v) is 23.5. The van der Waals surface area contributed by atoms with Gasteiger partial charge in [0.15, 0.2) is 0 Å². The highest BCUT2D eigenvalue weighted by molar-refractivity contribution is 5.78. The van der Waals surface area contributed by atoms with Gasteiger partial charge in [-0.3, -0.25) is 4.79 Å². The van der Waals surface area contributed by atoms with E-state index in [9.17, 15) is 15.0 Å². The van der Waals surface area contributed by atoms with Crippen molar-refractivity contribution in [2.45, 2.75) is 112 Å². The van der Waals surface area contributed by atoms with E-state index >= 15 is 0 Å². The number of allylic oxidation sites excluding steroid dienone is 2. The molecule has 0 amide bonds. The van der Waals surface area contributed by atoms with Crippen LogP contribution in [0.3, 0.4) is 0 Å². The van der Waals surface area contributed by atoms with Gasteiger partial charge in [-0.25, -0.2) is 0 Å². The van der Waals surface area contributed by atoms with Gasteiger partial charge in [-0.15, -0.1) is 0 Å². The molecule has 0 aromatic carbocycles. The normalized spacial score (nSPS) is 54.9. The quantitative estimate of drug-likeness (QED) is 0.345. The molecule has 0 aromatic heterocycles. The van der Waals surface area contributed by atoms with E-state index in [1.165, 1.54) is 0 Å². The SMILES string of the molecule is COC(=O)[C@]12CC[C@@H](C)[C@H](C)[C@H]1C1=CC[C@H]3[C@@]4(C)C[C@@H](O)[C@H](O)C(C)(C)[C@H]4CC[C@@]3(C)[C@]1(C)CC2. The third-order valence-corrected chi connectivity index (χ3v) is 13.5. The Labute approximate surface area is 213 Å². The van der Waals surface area contributed by atoms with Gasteiger partial charge in [-0.1, -0.05) is 60.1 Å². The minimum Gasteiger partial charge on any atom is -0.469 e. The number of fused-ring (bicyclic) bond motifs is 7. The number of aliphatic hydroxyl groups is 2. The van der Waals surface area contributed by atoms with Crippen LogP contribution >= 0.6 is 0 Å². The van der Waals surface area contributed by atoms with Crippen LogP contribution in [0.15, 0.2) is 11.6 Å². The number of rotatable bonds is 1. The van der Waals surface area contributed by atoms with E-state index < -0.39 is 12.2 Å². The zero-order valence-electron chi connectivity index (χ0n) is 23.5. The number of ether oxygens (including phenoxy) is 1. The summed E-state index contributed by atoms with van der Waals surface area (Å²) in [4.78, 5) is 13.4. The Morgan fingerprint density at radius 3 is 2.31 bits per heavy atom. The molecule has 0 spiro atoms. The molecule has 198 valence electrons. The maximum absolute atomic E-state index is 13.4. The van der Waals surface area contributed by atoms with Crippen LogP contribution in [0.2, 0.25) is 0 Å². The largest absolute Gasteiger partial charge is 0.469 e. The third-order valence-electron chi connectivity index (χ3n) is 13.5. The highest BCUT2D eigenvalue weighted by Gasteiger charge is 2.70. The Morgan fingerprint density at radius 1 is 0.971 bits per heavy atom. The van der Waals surface area contributed by atoms with Gasteiger partial charge in [0.25, 0.3) is 0 Å². The summed E-state index contributed by atoms with van der Waals surface area (Å²) in [5.74, 6) is 2.21. The van der Waals surface area contributed by atoms with Crippen LogP contribution < -0.4 is 0 Å². The van der Waals surface area contributed by atoms with E-state index in [-0.39, 0.29) is 39.0 Å². The minimum absolute atomic E-state index is 0.0114. The Morgan fingerprint density at radius 2 is 1.66 bits per heavy atom. The summed E-state index contributed by atoms with van der Waals surface area (Å²) >= 11 is 0. The third kappa shape index (κ3) is 3.02. The molecule has 4 heteroatoms. The molecule has 0 heterocycles. The monoisotopic (exact) mass is 486 g/mol. The summed E-state index contributed by atoms with van der Waals surface area (Å²) in [7, 11) is 1.57. The van der Waals surface area contributed by atoms with Crippen molar-refractivity contribution in [3.8, 4) is 0 Å². The number of carbonyl (C=O) groups excluding carboxylic acids is 1. The maximum atomic E-state index is 13.4. The molecule has 35 heavy (non-hydrogen) atoms.